The fourth-order valence-electron chi connectivity index (χ4n) is 2.22. The molecule has 0 saturated carbocycles. The summed E-state index contributed by atoms with van der Waals surface area (Å²) < 4.78 is 0. The summed E-state index contributed by atoms with van der Waals surface area (Å²) in [4.78, 5) is 11.4. The first-order valence-corrected chi connectivity index (χ1v) is 5.44. The minimum Gasteiger partial charge on any atom is -0.481 e. The van der Waals surface area contributed by atoms with E-state index in [1.807, 2.05) is 0 Å². The van der Waals surface area contributed by atoms with Crippen LogP contribution in [0.1, 0.15) is 26.7 Å². The summed E-state index contributed by atoms with van der Waals surface area (Å²) in [6, 6.07) is 0. The molecule has 4 heteroatoms. The van der Waals surface area contributed by atoms with Crippen molar-refractivity contribution in [3.63, 3.8) is 0 Å². The quantitative estimate of drug-likeness (QED) is 0.627. The molecule has 3 N–H and O–H groups in total. The van der Waals surface area contributed by atoms with Gasteiger partial charge in [-0.15, -0.1) is 0 Å². The summed E-state index contributed by atoms with van der Waals surface area (Å²) in [7, 11) is 0. The Kier molecular flexibility index (Phi) is 3.55. The van der Waals surface area contributed by atoms with Crippen LogP contribution in [0.3, 0.4) is 0 Å². The minimum atomic E-state index is -1.53. The predicted octanol–water partition coefficient (Wildman–Crippen LogP) is 1.10. The van der Waals surface area contributed by atoms with Crippen LogP contribution in [-0.2, 0) is 4.79 Å². The van der Waals surface area contributed by atoms with Gasteiger partial charge in [0.15, 0.2) is 0 Å². The van der Waals surface area contributed by atoms with Crippen LogP contribution in [0, 0.1) is 5.41 Å². The van der Waals surface area contributed by atoms with Gasteiger partial charge in [-0.3, -0.25) is 4.79 Å². The predicted molar refractivity (Wildman–Crippen MR) is 59.9 cm³/mol. The molecule has 0 amide bonds. The summed E-state index contributed by atoms with van der Waals surface area (Å²) in [6.45, 7) is 3.48. The van der Waals surface area contributed by atoms with Crippen LogP contribution in [-0.4, -0.2) is 33.0 Å². The van der Waals surface area contributed by atoms with Crippen molar-refractivity contribution in [2.24, 2.45) is 5.41 Å². The van der Waals surface area contributed by atoms with Crippen LogP contribution in [0.15, 0.2) is 24.3 Å². The van der Waals surface area contributed by atoms with Crippen molar-refractivity contribution in [3.05, 3.63) is 24.3 Å². The number of rotatable bonds is 4. The van der Waals surface area contributed by atoms with Gasteiger partial charge in [-0.2, -0.15) is 0 Å². The maximum Gasteiger partial charge on any atom is 0.313 e. The molecule has 0 aromatic carbocycles. The topological polar surface area (TPSA) is 77.8 Å². The molecule has 0 aromatic rings. The second kappa shape index (κ2) is 4.39. The Labute approximate surface area is 94.9 Å². The van der Waals surface area contributed by atoms with Crippen LogP contribution >= 0.6 is 0 Å². The number of hydrogen-bond donors (Lipinski definition) is 3. The van der Waals surface area contributed by atoms with Gasteiger partial charge in [0.05, 0.1) is 6.10 Å². The molecule has 1 rings (SSSR count). The lowest BCUT2D eigenvalue weighted by molar-refractivity contribution is -0.160. The van der Waals surface area contributed by atoms with E-state index in [1.165, 1.54) is 24.3 Å². The summed E-state index contributed by atoms with van der Waals surface area (Å²) in [5.74, 6) is -1.02. The highest BCUT2D eigenvalue weighted by atomic mass is 16.4. The molecule has 0 heterocycles. The third-order valence-electron chi connectivity index (χ3n) is 3.48. The lowest BCUT2D eigenvalue weighted by Crippen LogP contribution is -2.51. The lowest BCUT2D eigenvalue weighted by Gasteiger charge is -2.41. The molecule has 90 valence electrons. The first-order chi connectivity index (χ1) is 7.42. The molecular formula is C12H18O4. The number of carboxylic acids is 1. The largest absolute Gasteiger partial charge is 0.481 e. The van der Waals surface area contributed by atoms with E-state index in [0.29, 0.717) is 12.8 Å². The van der Waals surface area contributed by atoms with Gasteiger partial charge < -0.3 is 15.3 Å². The number of aliphatic hydroxyl groups excluding tert-OH is 1. The van der Waals surface area contributed by atoms with Gasteiger partial charge in [0, 0.05) is 0 Å². The van der Waals surface area contributed by atoms with Gasteiger partial charge in [-0.1, -0.05) is 26.0 Å². The average molecular weight is 226 g/mol. The Balaban J connectivity index is 3.18. The third-order valence-corrected chi connectivity index (χ3v) is 3.48. The maximum atomic E-state index is 11.4. The Bertz CT molecular complexity index is 312. The number of hydrogen-bond acceptors (Lipinski definition) is 3. The molecule has 4 nitrogen and oxygen atoms in total. The van der Waals surface area contributed by atoms with Gasteiger partial charge in [0.1, 0.15) is 11.0 Å². The van der Waals surface area contributed by atoms with E-state index < -0.39 is 23.1 Å². The van der Waals surface area contributed by atoms with Crippen molar-refractivity contribution < 1.29 is 20.1 Å². The third kappa shape index (κ3) is 1.79. The van der Waals surface area contributed by atoms with E-state index in [2.05, 4.69) is 0 Å². The van der Waals surface area contributed by atoms with Gasteiger partial charge in [0.25, 0.3) is 0 Å². The summed E-state index contributed by atoms with van der Waals surface area (Å²) in [5.41, 5.74) is -2.76. The maximum absolute atomic E-state index is 11.4. The zero-order valence-corrected chi connectivity index (χ0v) is 9.55. The van der Waals surface area contributed by atoms with Crippen molar-refractivity contribution in [3.8, 4) is 0 Å². The Hall–Kier alpha value is -1.13. The molecule has 0 aliphatic heterocycles. The fourth-order valence-corrected chi connectivity index (χ4v) is 2.22. The molecule has 0 fully saturated rings. The highest BCUT2D eigenvalue weighted by Crippen LogP contribution is 2.42. The number of carboxylic acid groups (broad SMARTS) is 1. The molecule has 0 atom stereocenters. The van der Waals surface area contributed by atoms with Crippen LogP contribution < -0.4 is 0 Å². The van der Waals surface area contributed by atoms with E-state index in [4.69, 9.17) is 0 Å². The SMILES string of the molecule is CCC(CC)(C(=O)O)C1(O)C=CC(O)C=C1. The molecule has 0 bridgehead atoms. The Morgan fingerprint density at radius 2 is 1.75 bits per heavy atom. The molecule has 0 unspecified atom stereocenters. The molecule has 0 saturated heterocycles. The number of aliphatic carboxylic acids is 1. The second-order valence-corrected chi connectivity index (χ2v) is 4.13. The second-order valence-electron chi connectivity index (χ2n) is 4.13. The molecule has 0 spiro atoms. The molecule has 16 heavy (non-hydrogen) atoms. The van der Waals surface area contributed by atoms with E-state index in [1.54, 1.807) is 13.8 Å². The van der Waals surface area contributed by atoms with Crippen molar-refractivity contribution >= 4 is 5.97 Å². The van der Waals surface area contributed by atoms with Crippen LogP contribution in [0.4, 0.5) is 0 Å². The Morgan fingerprint density at radius 3 is 2.06 bits per heavy atom. The first-order valence-electron chi connectivity index (χ1n) is 5.44. The van der Waals surface area contributed by atoms with Gasteiger partial charge in [0.2, 0.25) is 0 Å². The summed E-state index contributed by atoms with van der Waals surface area (Å²) in [5, 5.41) is 29.0. The highest BCUT2D eigenvalue weighted by Gasteiger charge is 2.51. The van der Waals surface area contributed by atoms with Crippen LogP contribution in [0.25, 0.3) is 0 Å². The standard InChI is InChI=1S/C12H18O4/c1-3-11(4-2,10(14)15)12(16)7-5-9(13)6-8-12/h5-9,13,16H,3-4H2,1-2H3,(H,14,15). The normalized spacial score (nSPS) is 29.4. The first kappa shape index (κ1) is 12.9. The van der Waals surface area contributed by atoms with E-state index in [9.17, 15) is 20.1 Å². The Morgan fingerprint density at radius 1 is 1.31 bits per heavy atom. The fraction of sp³-hybridized carbons (Fsp3) is 0.583. The molecule has 1 aliphatic carbocycles. The number of aliphatic hydroxyl groups is 2. The summed E-state index contributed by atoms with van der Waals surface area (Å²) in [6.07, 6.45) is 5.45. The lowest BCUT2D eigenvalue weighted by atomic mass is 9.66. The minimum absolute atomic E-state index is 0.320. The van der Waals surface area contributed by atoms with Crippen molar-refractivity contribution in [1.29, 1.82) is 0 Å². The van der Waals surface area contributed by atoms with Crippen molar-refractivity contribution in [2.45, 2.75) is 38.4 Å². The van der Waals surface area contributed by atoms with Gasteiger partial charge in [-0.05, 0) is 25.0 Å². The molecule has 1 aliphatic rings. The van der Waals surface area contributed by atoms with Crippen molar-refractivity contribution in [1.82, 2.24) is 0 Å². The molecule has 0 radical (unpaired) electrons. The monoisotopic (exact) mass is 226 g/mol. The zero-order chi connectivity index (χ0) is 12.4. The zero-order valence-electron chi connectivity index (χ0n) is 9.55. The average Bonchev–Trinajstić information content (AvgIpc) is 2.25. The smallest absolute Gasteiger partial charge is 0.313 e. The van der Waals surface area contributed by atoms with Crippen LogP contribution in [0.5, 0.6) is 0 Å². The number of carbonyl (C=O) groups is 1. The van der Waals surface area contributed by atoms with E-state index in [0.717, 1.165) is 0 Å². The van der Waals surface area contributed by atoms with Gasteiger partial charge in [-0.25, -0.2) is 0 Å². The van der Waals surface area contributed by atoms with E-state index >= 15 is 0 Å². The summed E-state index contributed by atoms with van der Waals surface area (Å²) >= 11 is 0. The van der Waals surface area contributed by atoms with Gasteiger partial charge >= 0.3 is 5.97 Å². The van der Waals surface area contributed by atoms with Crippen LogP contribution in [0.2, 0.25) is 0 Å². The van der Waals surface area contributed by atoms with Crippen molar-refractivity contribution in [2.75, 3.05) is 0 Å². The molecule has 0 aromatic heterocycles. The van der Waals surface area contributed by atoms with E-state index in [-0.39, 0.29) is 0 Å². The molecular weight excluding hydrogens is 208 g/mol. The highest BCUT2D eigenvalue weighted by molar-refractivity contribution is 5.77.